The van der Waals surface area contributed by atoms with Crippen molar-refractivity contribution >= 4 is 31.6 Å². The van der Waals surface area contributed by atoms with Crippen molar-refractivity contribution in [3.05, 3.63) is 0 Å². The Morgan fingerprint density at radius 2 is 0.725 bits per heavy atom. The Bertz CT molecular complexity index is 1010. The molecule has 0 aromatic rings. The zero-order valence-electron chi connectivity index (χ0n) is 33.9. The summed E-state index contributed by atoms with van der Waals surface area (Å²) < 4.78 is 53.8. The van der Waals surface area contributed by atoms with Gasteiger partial charge < -0.3 is 9.84 Å². The predicted octanol–water partition coefficient (Wildman–Crippen LogP) is 11.6. The highest BCUT2D eigenvalue weighted by molar-refractivity contribution is 7.92. The first kappa shape index (κ1) is 51.9. The molecule has 0 bridgehead atoms. The molecular weight excluding hydrogens is 685 g/mol. The van der Waals surface area contributed by atoms with E-state index in [4.69, 9.17) is 5.11 Å². The lowest BCUT2D eigenvalue weighted by atomic mass is 10.0. The van der Waals surface area contributed by atoms with Gasteiger partial charge in [-0.05, 0) is 38.5 Å². The summed E-state index contributed by atoms with van der Waals surface area (Å²) in [6.07, 6.45) is 30.6. The molecule has 0 amide bonds. The fraction of sp³-hybridized carbons (Fsp3) is 0.951. The normalized spacial score (nSPS) is 13.0. The van der Waals surface area contributed by atoms with E-state index in [1.807, 2.05) is 0 Å². The van der Waals surface area contributed by atoms with E-state index in [0.717, 1.165) is 122 Å². The summed E-state index contributed by atoms with van der Waals surface area (Å²) in [5.74, 6) is -0.357. The number of carboxylic acids is 1. The lowest BCUT2D eigenvalue weighted by Crippen LogP contribution is -2.23. The largest absolute Gasteiger partial charge is 0.481 e. The fourth-order valence-electron chi connectivity index (χ4n) is 6.59. The third-order valence-electron chi connectivity index (χ3n) is 10.1. The number of hydrogen-bond acceptors (Lipinski definition) is 7. The molecule has 0 rings (SSSR count). The Balaban J connectivity index is 0. The van der Waals surface area contributed by atoms with Gasteiger partial charge in [0.25, 0.3) is 0 Å². The Morgan fingerprint density at radius 1 is 0.451 bits per heavy atom. The molecule has 0 aromatic heterocycles. The van der Waals surface area contributed by atoms with Crippen molar-refractivity contribution in [2.75, 3.05) is 18.6 Å². The molecule has 0 aromatic carbocycles. The number of hydrogen-bond donors (Lipinski definition) is 1. The van der Waals surface area contributed by atoms with Gasteiger partial charge in [0.15, 0.2) is 19.7 Å². The molecule has 2 unspecified atom stereocenters. The van der Waals surface area contributed by atoms with Crippen molar-refractivity contribution in [2.24, 2.45) is 0 Å². The second-order valence-corrected chi connectivity index (χ2v) is 19.7. The number of rotatable bonds is 36. The van der Waals surface area contributed by atoms with E-state index in [-0.39, 0.29) is 34.4 Å². The maximum Gasteiger partial charge on any atom is 0.305 e. The number of esters is 1. The van der Waals surface area contributed by atoms with E-state index < -0.39 is 25.6 Å². The molecule has 0 saturated heterocycles. The molecule has 51 heavy (non-hydrogen) atoms. The molecule has 1 N–H and O–H groups in total. The lowest BCUT2D eigenvalue weighted by molar-refractivity contribution is -0.141. The Kier molecular flexibility index (Phi) is 36.5. The van der Waals surface area contributed by atoms with Crippen LogP contribution in [0.3, 0.4) is 0 Å². The van der Waals surface area contributed by atoms with Crippen LogP contribution in [0.25, 0.3) is 0 Å². The minimum Gasteiger partial charge on any atom is -0.481 e. The quantitative estimate of drug-likeness (QED) is 0.0492. The molecule has 0 spiro atoms. The van der Waals surface area contributed by atoms with Crippen LogP contribution in [0.4, 0.5) is 0 Å². The van der Waals surface area contributed by atoms with Gasteiger partial charge in [-0.2, -0.15) is 0 Å². The van der Waals surface area contributed by atoms with Crippen LogP contribution in [0.1, 0.15) is 220 Å². The van der Waals surface area contributed by atoms with Crippen molar-refractivity contribution in [3.8, 4) is 0 Å². The number of carboxylic acid groups (broad SMARTS) is 1. The van der Waals surface area contributed by atoms with Crippen molar-refractivity contribution in [2.45, 2.75) is 231 Å². The van der Waals surface area contributed by atoms with Crippen molar-refractivity contribution in [1.29, 1.82) is 0 Å². The number of unbranched alkanes of at least 4 members (excludes halogenated alkanes) is 20. The maximum absolute atomic E-state index is 12.3. The highest BCUT2D eigenvalue weighted by Gasteiger charge is 2.23. The average molecular weight is 767 g/mol. The first-order valence-electron chi connectivity index (χ1n) is 21.1. The molecule has 0 fully saturated rings. The van der Waals surface area contributed by atoms with Gasteiger partial charge in [-0.3, -0.25) is 9.59 Å². The minimum absolute atomic E-state index is 0.132. The second kappa shape index (κ2) is 35.8. The third kappa shape index (κ3) is 33.2. The molecule has 0 saturated carbocycles. The van der Waals surface area contributed by atoms with Crippen LogP contribution < -0.4 is 0 Å². The van der Waals surface area contributed by atoms with Crippen LogP contribution in [-0.4, -0.2) is 63.0 Å². The summed E-state index contributed by atoms with van der Waals surface area (Å²) in [6, 6.07) is 0. The van der Waals surface area contributed by atoms with Gasteiger partial charge in [-0.1, -0.05) is 169 Å². The zero-order valence-corrected chi connectivity index (χ0v) is 35.5. The standard InChI is InChI=1S/C21H42O4S.C20H40O4S/c1-4-6-7-8-11-14-17-20(26(23,24)5-2)18-15-12-9-10-13-16-19-21(22)25-3;1-3-5-6-7-8-10-13-16-19(25(23,24)4-2)17-14-11-9-12-15-18-20(21)22/h20H,4-19H2,1-3H3;19H,3-18H2,1-2H3,(H,21,22). The van der Waals surface area contributed by atoms with Crippen LogP contribution in [-0.2, 0) is 34.0 Å². The molecule has 0 aliphatic rings. The van der Waals surface area contributed by atoms with Crippen molar-refractivity contribution in [3.63, 3.8) is 0 Å². The lowest BCUT2D eigenvalue weighted by Gasteiger charge is -2.16. The number of aliphatic carboxylic acids is 1. The molecule has 8 nitrogen and oxygen atoms in total. The summed E-state index contributed by atoms with van der Waals surface area (Å²) in [5, 5.41) is 8.29. The Morgan fingerprint density at radius 3 is 1.00 bits per heavy atom. The minimum atomic E-state index is -2.95. The second-order valence-electron chi connectivity index (χ2n) is 14.5. The SMILES string of the molecule is CCCCCCCCC(CCCCCCCCC(=O)OC)S(=O)(=O)CC.CCCCCCCCCC(CCCCCCCC(=O)O)S(=O)(=O)CC. The molecule has 10 heteroatoms. The molecule has 2 atom stereocenters. The van der Waals surface area contributed by atoms with Crippen LogP contribution in [0.5, 0.6) is 0 Å². The van der Waals surface area contributed by atoms with Gasteiger partial charge in [0.2, 0.25) is 0 Å². The van der Waals surface area contributed by atoms with Gasteiger partial charge >= 0.3 is 11.9 Å². The van der Waals surface area contributed by atoms with E-state index in [9.17, 15) is 26.4 Å². The van der Waals surface area contributed by atoms with E-state index in [1.54, 1.807) is 13.8 Å². The first-order chi connectivity index (χ1) is 24.4. The van der Waals surface area contributed by atoms with E-state index >= 15 is 0 Å². The fourth-order valence-corrected chi connectivity index (χ4v) is 9.63. The topological polar surface area (TPSA) is 132 Å². The Labute approximate surface area is 316 Å². The van der Waals surface area contributed by atoms with E-state index in [2.05, 4.69) is 18.6 Å². The van der Waals surface area contributed by atoms with Gasteiger partial charge in [-0.25, -0.2) is 16.8 Å². The number of carbonyl (C=O) groups excluding carboxylic acids is 1. The summed E-state index contributed by atoms with van der Waals surface area (Å²) in [6.45, 7) is 7.94. The van der Waals surface area contributed by atoms with Crippen LogP contribution in [0.2, 0.25) is 0 Å². The molecule has 0 aliphatic carbocycles. The van der Waals surface area contributed by atoms with Gasteiger partial charge in [-0.15, -0.1) is 0 Å². The number of methoxy groups -OCH3 is 1. The average Bonchev–Trinajstić information content (AvgIpc) is 3.11. The monoisotopic (exact) mass is 767 g/mol. The highest BCUT2D eigenvalue weighted by atomic mass is 32.2. The predicted molar refractivity (Wildman–Crippen MR) is 216 cm³/mol. The van der Waals surface area contributed by atoms with E-state index in [1.165, 1.54) is 64.9 Å². The first-order valence-corrected chi connectivity index (χ1v) is 24.6. The number of sulfone groups is 2. The summed E-state index contributed by atoms with van der Waals surface area (Å²) in [4.78, 5) is 21.5. The molecule has 0 heterocycles. The third-order valence-corrected chi connectivity index (χ3v) is 14.7. The van der Waals surface area contributed by atoms with Crippen LogP contribution in [0, 0.1) is 0 Å². The van der Waals surface area contributed by atoms with Gasteiger partial charge in [0.1, 0.15) is 0 Å². The Hall–Kier alpha value is -1.16. The van der Waals surface area contributed by atoms with Crippen molar-refractivity contribution < 1.29 is 36.3 Å². The summed E-state index contributed by atoms with van der Waals surface area (Å²) in [7, 11) is -4.45. The van der Waals surface area contributed by atoms with Crippen LogP contribution >= 0.6 is 0 Å². The van der Waals surface area contributed by atoms with Crippen molar-refractivity contribution in [1.82, 2.24) is 0 Å². The van der Waals surface area contributed by atoms with Gasteiger partial charge in [0.05, 0.1) is 17.6 Å². The molecule has 0 radical (unpaired) electrons. The molecule has 0 aliphatic heterocycles. The summed E-state index contributed by atoms with van der Waals surface area (Å²) >= 11 is 0. The number of carbonyl (C=O) groups is 2. The zero-order chi connectivity index (χ0) is 38.6. The van der Waals surface area contributed by atoms with Crippen LogP contribution in [0.15, 0.2) is 0 Å². The molecular formula is C41H82O8S2. The number of ether oxygens (including phenoxy) is 1. The highest BCUT2D eigenvalue weighted by Crippen LogP contribution is 2.22. The smallest absolute Gasteiger partial charge is 0.305 e. The van der Waals surface area contributed by atoms with E-state index in [0.29, 0.717) is 6.42 Å². The maximum atomic E-state index is 12.3. The van der Waals surface area contributed by atoms with Gasteiger partial charge in [0, 0.05) is 24.3 Å². The molecule has 306 valence electrons. The summed E-state index contributed by atoms with van der Waals surface area (Å²) in [5.41, 5.74) is 0.